The van der Waals surface area contributed by atoms with Gasteiger partial charge in [-0.25, -0.2) is 9.97 Å². The predicted octanol–water partition coefficient (Wildman–Crippen LogP) is 1.76. The number of imidazole rings is 1. The molecule has 0 bridgehead atoms. The first-order chi connectivity index (χ1) is 13.6. The minimum atomic E-state index is -0.657. The summed E-state index contributed by atoms with van der Waals surface area (Å²) in [5.41, 5.74) is 2.13. The molecule has 2 aromatic heterocycles. The van der Waals surface area contributed by atoms with E-state index in [1.54, 1.807) is 34.7 Å². The van der Waals surface area contributed by atoms with Crippen LogP contribution in [0, 0.1) is 6.92 Å². The van der Waals surface area contributed by atoms with Gasteiger partial charge in [-0.2, -0.15) is 0 Å². The van der Waals surface area contributed by atoms with Gasteiger partial charge in [0.1, 0.15) is 5.69 Å². The molecule has 28 heavy (non-hydrogen) atoms. The number of rotatable bonds is 2. The first kappa shape index (κ1) is 17.0. The molecule has 4 heterocycles. The molecule has 0 radical (unpaired) electrons. The first-order valence-corrected chi connectivity index (χ1v) is 9.28. The smallest absolute Gasteiger partial charge is 0.272 e. The Balaban J connectivity index is 1.37. The molecule has 2 aliphatic heterocycles. The lowest BCUT2D eigenvalue weighted by molar-refractivity contribution is 0.0376. The van der Waals surface area contributed by atoms with Crippen molar-refractivity contribution in [1.29, 1.82) is 0 Å². The van der Waals surface area contributed by atoms with Gasteiger partial charge in [0.05, 0.1) is 11.8 Å². The number of carbonyl (C=O) groups excluding carboxylic acids is 1. The molecule has 5 rings (SSSR count). The Hall–Kier alpha value is -3.13. The number of carbonyl (C=O) groups is 1. The maximum Gasteiger partial charge on any atom is 0.272 e. The highest BCUT2D eigenvalue weighted by Crippen LogP contribution is 2.37. The number of β-amino-alcohol motifs (C(OH)–C–C–N with tert-alkyl or cyclic N) is 1. The molecule has 8 heteroatoms. The quantitative estimate of drug-likeness (QED) is 0.729. The van der Waals surface area contributed by atoms with Crippen LogP contribution in [0.4, 0.5) is 0 Å². The molecule has 1 fully saturated rings. The SMILES string of the molecule is Cc1nc2ncccn2c1C(=O)N1CC[C@@H](c2ccc3c(c2)OCO3)[C@H](O)C1. The Labute approximate surface area is 161 Å². The second kappa shape index (κ2) is 6.49. The van der Waals surface area contributed by atoms with Gasteiger partial charge in [0, 0.05) is 31.4 Å². The molecule has 3 aromatic rings. The van der Waals surface area contributed by atoms with E-state index in [0.29, 0.717) is 35.9 Å². The number of fused-ring (bicyclic) bond motifs is 2. The minimum absolute atomic E-state index is 0.0523. The highest BCUT2D eigenvalue weighted by atomic mass is 16.7. The van der Waals surface area contributed by atoms with Crippen molar-refractivity contribution in [2.24, 2.45) is 0 Å². The Morgan fingerprint density at radius 3 is 3.00 bits per heavy atom. The van der Waals surface area contributed by atoms with Crippen molar-refractivity contribution in [2.75, 3.05) is 19.9 Å². The topological polar surface area (TPSA) is 89.2 Å². The van der Waals surface area contributed by atoms with Crippen LogP contribution in [0.25, 0.3) is 5.78 Å². The van der Waals surface area contributed by atoms with E-state index < -0.39 is 6.10 Å². The van der Waals surface area contributed by atoms with Gasteiger partial charge in [0.2, 0.25) is 12.6 Å². The van der Waals surface area contributed by atoms with E-state index >= 15 is 0 Å². The summed E-state index contributed by atoms with van der Waals surface area (Å²) in [5, 5.41) is 10.8. The Morgan fingerprint density at radius 2 is 2.14 bits per heavy atom. The Bertz CT molecular complexity index is 1060. The fourth-order valence-corrected chi connectivity index (χ4v) is 4.05. The molecule has 1 amide bonds. The van der Waals surface area contributed by atoms with Crippen molar-refractivity contribution in [1.82, 2.24) is 19.3 Å². The molecule has 1 aromatic carbocycles. The normalized spacial score (nSPS) is 21.3. The van der Waals surface area contributed by atoms with Crippen LogP contribution in [0.15, 0.2) is 36.7 Å². The summed E-state index contributed by atoms with van der Waals surface area (Å²) in [7, 11) is 0. The minimum Gasteiger partial charge on any atom is -0.454 e. The van der Waals surface area contributed by atoms with Crippen molar-refractivity contribution in [2.45, 2.75) is 25.4 Å². The van der Waals surface area contributed by atoms with Crippen molar-refractivity contribution >= 4 is 11.7 Å². The van der Waals surface area contributed by atoms with Crippen LogP contribution in [0.2, 0.25) is 0 Å². The molecule has 0 aliphatic carbocycles. The second-order valence-corrected chi connectivity index (χ2v) is 7.16. The molecule has 2 aliphatic rings. The number of nitrogens with zero attached hydrogens (tertiary/aromatic N) is 4. The Kier molecular flexibility index (Phi) is 3.94. The molecular weight excluding hydrogens is 360 g/mol. The highest BCUT2D eigenvalue weighted by molar-refractivity contribution is 5.94. The highest BCUT2D eigenvalue weighted by Gasteiger charge is 2.34. The van der Waals surface area contributed by atoms with Gasteiger partial charge in [-0.1, -0.05) is 6.07 Å². The van der Waals surface area contributed by atoms with E-state index in [4.69, 9.17) is 9.47 Å². The average Bonchev–Trinajstić information content (AvgIpc) is 3.29. The van der Waals surface area contributed by atoms with Crippen molar-refractivity contribution in [3.05, 3.63) is 53.6 Å². The van der Waals surface area contributed by atoms with E-state index in [1.807, 2.05) is 18.2 Å². The van der Waals surface area contributed by atoms with Gasteiger partial charge in [-0.15, -0.1) is 0 Å². The molecule has 1 N–H and O–H groups in total. The molecule has 0 saturated carbocycles. The molecule has 8 nitrogen and oxygen atoms in total. The number of benzene rings is 1. The third kappa shape index (κ3) is 2.68. The van der Waals surface area contributed by atoms with Crippen LogP contribution in [0.1, 0.15) is 34.1 Å². The maximum absolute atomic E-state index is 13.1. The van der Waals surface area contributed by atoms with Crippen LogP contribution in [0.3, 0.4) is 0 Å². The van der Waals surface area contributed by atoms with Gasteiger partial charge < -0.3 is 19.5 Å². The monoisotopic (exact) mass is 380 g/mol. The maximum atomic E-state index is 13.1. The standard InChI is InChI=1S/C20H20N4O4/c1-12-18(24-7-2-6-21-20(24)22-12)19(26)23-8-5-14(15(25)10-23)13-3-4-16-17(9-13)28-11-27-16/h2-4,6-7,9,14-15,25H,5,8,10-11H2,1H3/t14-,15+/m0/s1. The van der Waals surface area contributed by atoms with Gasteiger partial charge in [0.25, 0.3) is 5.91 Å². The lowest BCUT2D eigenvalue weighted by Crippen LogP contribution is -2.46. The number of hydrogen-bond acceptors (Lipinski definition) is 6. The number of piperidine rings is 1. The van der Waals surface area contributed by atoms with Crippen molar-refractivity contribution in [3.8, 4) is 11.5 Å². The lowest BCUT2D eigenvalue weighted by atomic mass is 9.86. The van der Waals surface area contributed by atoms with Crippen LogP contribution in [-0.4, -0.2) is 56.3 Å². The van der Waals surface area contributed by atoms with Crippen LogP contribution >= 0.6 is 0 Å². The number of aliphatic hydroxyl groups is 1. The lowest BCUT2D eigenvalue weighted by Gasteiger charge is -2.36. The molecule has 1 saturated heterocycles. The van der Waals surface area contributed by atoms with Crippen molar-refractivity contribution in [3.63, 3.8) is 0 Å². The zero-order valence-electron chi connectivity index (χ0n) is 15.4. The summed E-state index contributed by atoms with van der Waals surface area (Å²) in [6.07, 6.45) is 3.44. The summed E-state index contributed by atoms with van der Waals surface area (Å²) in [5.74, 6) is 1.74. The summed E-state index contributed by atoms with van der Waals surface area (Å²) in [6, 6.07) is 7.52. The summed E-state index contributed by atoms with van der Waals surface area (Å²) in [6.45, 7) is 2.85. The third-order valence-electron chi connectivity index (χ3n) is 5.47. The average molecular weight is 380 g/mol. The molecular formula is C20H20N4O4. The Morgan fingerprint density at radius 1 is 1.29 bits per heavy atom. The van der Waals surface area contributed by atoms with E-state index in [2.05, 4.69) is 9.97 Å². The number of aliphatic hydroxyl groups excluding tert-OH is 1. The zero-order valence-corrected chi connectivity index (χ0v) is 15.4. The summed E-state index contributed by atoms with van der Waals surface area (Å²) < 4.78 is 12.5. The third-order valence-corrected chi connectivity index (χ3v) is 5.47. The summed E-state index contributed by atoms with van der Waals surface area (Å²) in [4.78, 5) is 23.4. The number of aromatic nitrogens is 3. The molecule has 0 unspecified atom stereocenters. The van der Waals surface area contributed by atoms with Gasteiger partial charge in [0.15, 0.2) is 11.5 Å². The number of hydrogen-bond donors (Lipinski definition) is 1. The zero-order chi connectivity index (χ0) is 19.3. The number of aryl methyl sites for hydroxylation is 1. The number of likely N-dealkylation sites (tertiary alicyclic amines) is 1. The second-order valence-electron chi connectivity index (χ2n) is 7.16. The van der Waals surface area contributed by atoms with E-state index in [0.717, 1.165) is 11.3 Å². The largest absolute Gasteiger partial charge is 0.454 e. The van der Waals surface area contributed by atoms with Crippen molar-refractivity contribution < 1.29 is 19.4 Å². The fourth-order valence-electron chi connectivity index (χ4n) is 4.05. The molecule has 2 atom stereocenters. The summed E-state index contributed by atoms with van der Waals surface area (Å²) >= 11 is 0. The molecule has 0 spiro atoms. The number of ether oxygens (including phenoxy) is 2. The predicted molar refractivity (Wildman–Crippen MR) is 99.6 cm³/mol. The van der Waals surface area contributed by atoms with Crippen LogP contribution in [0.5, 0.6) is 11.5 Å². The van der Waals surface area contributed by atoms with Gasteiger partial charge >= 0.3 is 0 Å². The van der Waals surface area contributed by atoms with Gasteiger partial charge in [-0.05, 0) is 37.1 Å². The van der Waals surface area contributed by atoms with E-state index in [9.17, 15) is 9.90 Å². The number of amides is 1. The van der Waals surface area contributed by atoms with Crippen LogP contribution in [-0.2, 0) is 0 Å². The van der Waals surface area contributed by atoms with E-state index in [1.165, 1.54) is 0 Å². The van der Waals surface area contributed by atoms with Gasteiger partial charge in [-0.3, -0.25) is 9.20 Å². The first-order valence-electron chi connectivity index (χ1n) is 9.28. The fraction of sp³-hybridized carbons (Fsp3) is 0.350. The van der Waals surface area contributed by atoms with Crippen LogP contribution < -0.4 is 9.47 Å². The van der Waals surface area contributed by atoms with E-state index in [-0.39, 0.29) is 25.2 Å². The molecule has 144 valence electrons.